The van der Waals surface area contributed by atoms with Crippen LogP contribution in [0, 0.1) is 5.82 Å². The van der Waals surface area contributed by atoms with Gasteiger partial charge in [-0.25, -0.2) is 4.39 Å². The molecule has 1 aromatic rings. The van der Waals surface area contributed by atoms with E-state index in [-0.39, 0.29) is 5.82 Å². The van der Waals surface area contributed by atoms with Crippen molar-refractivity contribution in [3.63, 3.8) is 0 Å². The molecular weight excluding hydrogens is 287 g/mol. The van der Waals surface area contributed by atoms with Gasteiger partial charge in [-0.2, -0.15) is 0 Å². The Bertz CT molecular complexity index is 535. The van der Waals surface area contributed by atoms with Crippen LogP contribution in [0.2, 0.25) is 0 Å². The number of nitrogens with two attached hydrogens (primary N) is 1. The first-order valence-electron chi connectivity index (χ1n) is 7.59. The Kier molecular flexibility index (Phi) is 4.52. The second kappa shape index (κ2) is 6.38. The normalized spacial score (nSPS) is 26.3. The Morgan fingerprint density at radius 2 is 2.19 bits per heavy atom. The topological polar surface area (TPSA) is 38.5 Å². The molecule has 21 heavy (non-hydrogen) atoms. The van der Waals surface area contributed by atoms with Crippen molar-refractivity contribution in [3.8, 4) is 0 Å². The Balaban J connectivity index is 1.78. The Morgan fingerprint density at radius 3 is 3.00 bits per heavy atom. The number of hydrogen-bond acceptors (Lipinski definition) is 3. The maximum Gasteiger partial charge on any atom is 0.127 e. The third kappa shape index (κ3) is 3.25. The SMILES string of the molecule is NC(=S)c1ccc(F)c(CN2CCOC3CCCCC32)c1. The molecule has 114 valence electrons. The summed E-state index contributed by atoms with van der Waals surface area (Å²) >= 11 is 4.98. The number of halogens is 1. The van der Waals surface area contributed by atoms with Crippen LogP contribution < -0.4 is 5.73 Å². The van der Waals surface area contributed by atoms with Gasteiger partial charge in [0.15, 0.2) is 0 Å². The van der Waals surface area contributed by atoms with Crippen molar-refractivity contribution in [1.82, 2.24) is 4.90 Å². The van der Waals surface area contributed by atoms with Crippen molar-refractivity contribution < 1.29 is 9.13 Å². The van der Waals surface area contributed by atoms with E-state index >= 15 is 0 Å². The van der Waals surface area contributed by atoms with E-state index in [1.165, 1.54) is 18.9 Å². The fourth-order valence-corrected chi connectivity index (χ4v) is 3.57. The largest absolute Gasteiger partial charge is 0.389 e. The molecule has 0 bridgehead atoms. The predicted molar refractivity (Wildman–Crippen MR) is 84.7 cm³/mol. The van der Waals surface area contributed by atoms with Gasteiger partial charge >= 0.3 is 0 Å². The zero-order valence-electron chi connectivity index (χ0n) is 12.1. The molecule has 0 aromatic heterocycles. The summed E-state index contributed by atoms with van der Waals surface area (Å²) in [7, 11) is 0. The van der Waals surface area contributed by atoms with Crippen LogP contribution in [0.3, 0.4) is 0 Å². The highest BCUT2D eigenvalue weighted by atomic mass is 32.1. The van der Waals surface area contributed by atoms with Crippen LogP contribution in [0.25, 0.3) is 0 Å². The molecule has 2 fully saturated rings. The molecule has 1 aliphatic heterocycles. The summed E-state index contributed by atoms with van der Waals surface area (Å²) in [6.45, 7) is 2.20. The van der Waals surface area contributed by atoms with Crippen molar-refractivity contribution in [1.29, 1.82) is 0 Å². The van der Waals surface area contributed by atoms with E-state index in [0.717, 1.165) is 31.6 Å². The van der Waals surface area contributed by atoms with Gasteiger partial charge in [-0.05, 0) is 31.0 Å². The van der Waals surface area contributed by atoms with Gasteiger partial charge in [0.2, 0.25) is 0 Å². The van der Waals surface area contributed by atoms with E-state index < -0.39 is 0 Å². The van der Waals surface area contributed by atoms with Gasteiger partial charge in [0.05, 0.1) is 12.7 Å². The summed E-state index contributed by atoms with van der Waals surface area (Å²) in [5.41, 5.74) is 7.05. The number of fused-ring (bicyclic) bond motifs is 1. The minimum atomic E-state index is -0.186. The maximum atomic E-state index is 14.1. The van der Waals surface area contributed by atoms with Crippen LogP contribution in [0.5, 0.6) is 0 Å². The van der Waals surface area contributed by atoms with Crippen LogP contribution in [0.4, 0.5) is 4.39 Å². The summed E-state index contributed by atoms with van der Waals surface area (Å²) in [6.07, 6.45) is 5.04. The molecule has 5 heteroatoms. The van der Waals surface area contributed by atoms with Crippen molar-refractivity contribution in [3.05, 3.63) is 35.1 Å². The Hall–Kier alpha value is -1.04. The lowest BCUT2D eigenvalue weighted by Crippen LogP contribution is -2.52. The fraction of sp³-hybridized carbons (Fsp3) is 0.562. The zero-order valence-corrected chi connectivity index (χ0v) is 12.9. The molecule has 1 saturated heterocycles. The summed E-state index contributed by atoms with van der Waals surface area (Å²) in [6, 6.07) is 5.30. The van der Waals surface area contributed by atoms with Crippen LogP contribution in [-0.4, -0.2) is 35.2 Å². The molecular formula is C16H21FN2OS. The van der Waals surface area contributed by atoms with Crippen LogP contribution in [-0.2, 0) is 11.3 Å². The lowest BCUT2D eigenvalue weighted by molar-refractivity contribution is -0.0913. The average molecular weight is 308 g/mol. The molecule has 2 unspecified atom stereocenters. The zero-order chi connectivity index (χ0) is 14.8. The minimum Gasteiger partial charge on any atom is -0.389 e. The van der Waals surface area contributed by atoms with Gasteiger partial charge in [0.25, 0.3) is 0 Å². The van der Waals surface area contributed by atoms with Gasteiger partial charge in [-0.15, -0.1) is 0 Å². The van der Waals surface area contributed by atoms with Gasteiger partial charge in [-0.1, -0.05) is 25.1 Å². The second-order valence-corrected chi connectivity index (χ2v) is 6.34. The molecule has 1 heterocycles. The van der Waals surface area contributed by atoms with Crippen LogP contribution in [0.15, 0.2) is 18.2 Å². The minimum absolute atomic E-state index is 0.186. The first kappa shape index (κ1) is 14.9. The molecule has 0 spiro atoms. The quantitative estimate of drug-likeness (QED) is 0.871. The average Bonchev–Trinajstić information content (AvgIpc) is 2.49. The van der Waals surface area contributed by atoms with Crippen molar-refractivity contribution in [2.45, 2.75) is 44.4 Å². The van der Waals surface area contributed by atoms with Crippen molar-refractivity contribution in [2.24, 2.45) is 5.73 Å². The number of ether oxygens (including phenoxy) is 1. The van der Waals surface area contributed by atoms with E-state index in [0.29, 0.717) is 29.2 Å². The molecule has 2 aliphatic rings. The van der Waals surface area contributed by atoms with E-state index in [1.54, 1.807) is 12.1 Å². The van der Waals surface area contributed by atoms with Gasteiger partial charge in [0.1, 0.15) is 10.8 Å². The first-order valence-corrected chi connectivity index (χ1v) is 8.00. The number of benzene rings is 1. The van der Waals surface area contributed by atoms with Crippen molar-refractivity contribution in [2.75, 3.05) is 13.2 Å². The van der Waals surface area contributed by atoms with E-state index in [2.05, 4.69) is 4.90 Å². The highest BCUT2D eigenvalue weighted by Gasteiger charge is 2.34. The molecule has 2 N–H and O–H groups in total. The standard InChI is InChI=1S/C16H21FN2OS/c17-13-6-5-11(16(18)21)9-12(13)10-19-7-8-20-15-4-2-1-3-14(15)19/h5-6,9,14-15H,1-4,7-8,10H2,(H2,18,21). The summed E-state index contributed by atoms with van der Waals surface area (Å²) in [5, 5.41) is 0. The number of rotatable bonds is 3. The van der Waals surface area contributed by atoms with Gasteiger partial charge in [0, 0.05) is 30.3 Å². The van der Waals surface area contributed by atoms with E-state index in [1.807, 2.05) is 0 Å². The summed E-state index contributed by atoms with van der Waals surface area (Å²) in [4.78, 5) is 2.67. The molecule has 0 amide bonds. The van der Waals surface area contributed by atoms with E-state index in [4.69, 9.17) is 22.7 Å². The number of thiocarbonyl (C=S) groups is 1. The molecule has 0 radical (unpaired) electrons. The number of hydrogen-bond donors (Lipinski definition) is 1. The van der Waals surface area contributed by atoms with Gasteiger partial charge in [-0.3, -0.25) is 4.90 Å². The lowest BCUT2D eigenvalue weighted by atomic mass is 9.90. The van der Waals surface area contributed by atoms with Gasteiger partial charge < -0.3 is 10.5 Å². The third-order valence-electron chi connectivity index (χ3n) is 4.55. The fourth-order valence-electron chi connectivity index (χ4n) is 3.44. The smallest absolute Gasteiger partial charge is 0.127 e. The Labute approximate surface area is 130 Å². The second-order valence-electron chi connectivity index (χ2n) is 5.90. The molecule has 1 aliphatic carbocycles. The molecule has 3 nitrogen and oxygen atoms in total. The molecule has 2 atom stereocenters. The van der Waals surface area contributed by atoms with Crippen molar-refractivity contribution >= 4 is 17.2 Å². The highest BCUT2D eigenvalue weighted by Crippen LogP contribution is 2.29. The van der Waals surface area contributed by atoms with Crippen LogP contribution >= 0.6 is 12.2 Å². The Morgan fingerprint density at radius 1 is 1.38 bits per heavy atom. The highest BCUT2D eigenvalue weighted by molar-refractivity contribution is 7.80. The predicted octanol–water partition coefficient (Wildman–Crippen LogP) is 2.60. The third-order valence-corrected chi connectivity index (χ3v) is 4.79. The molecule has 3 rings (SSSR count). The van der Waals surface area contributed by atoms with Crippen LogP contribution in [0.1, 0.15) is 36.8 Å². The summed E-state index contributed by atoms with van der Waals surface area (Å²) in [5.74, 6) is -0.186. The maximum absolute atomic E-state index is 14.1. The lowest BCUT2D eigenvalue weighted by Gasteiger charge is -2.43. The molecule has 1 aromatic carbocycles. The molecule has 1 saturated carbocycles. The summed E-state index contributed by atoms with van der Waals surface area (Å²) < 4.78 is 19.9. The number of nitrogens with zero attached hydrogens (tertiary/aromatic N) is 1. The first-order chi connectivity index (χ1) is 10.1. The monoisotopic (exact) mass is 308 g/mol. The number of morpholine rings is 1. The van der Waals surface area contributed by atoms with E-state index in [9.17, 15) is 4.39 Å².